The number of hydrogen-bond acceptors (Lipinski definition) is 2. The summed E-state index contributed by atoms with van der Waals surface area (Å²) in [6.45, 7) is 5.45. The second kappa shape index (κ2) is 6.24. The maximum Gasteiger partial charge on any atom is 0.0711 e. The van der Waals surface area contributed by atoms with Crippen molar-refractivity contribution in [1.29, 1.82) is 0 Å². The molecule has 1 aromatic carbocycles. The fourth-order valence-corrected chi connectivity index (χ4v) is 4.36. The maximum absolute atomic E-state index is 5.03. The fraction of sp³-hybridized carbons (Fsp3) is 0.571. The monoisotopic (exact) mass is 308 g/mol. The van der Waals surface area contributed by atoms with Crippen LogP contribution in [0.25, 0.3) is 10.9 Å². The van der Waals surface area contributed by atoms with Gasteiger partial charge in [-0.25, -0.2) is 0 Å². The number of hydrogen-bond donors (Lipinski definition) is 1. The predicted molar refractivity (Wildman–Crippen MR) is 97.0 cm³/mol. The van der Waals surface area contributed by atoms with Crippen molar-refractivity contribution in [3.05, 3.63) is 40.1 Å². The molecule has 122 valence electrons. The standard InChI is InChI=1S/C21H28N2/c1-14-11-18-19(13-22-16-7-3-4-8-16)17-9-5-6-10-20(17)23-21(18)12-15(14)2/h11-12,16,22H,3-10,13H2,1-2H3. The third kappa shape index (κ3) is 2.89. The highest BCUT2D eigenvalue weighted by molar-refractivity contribution is 5.85. The van der Waals surface area contributed by atoms with Crippen LogP contribution < -0.4 is 5.32 Å². The third-order valence-corrected chi connectivity index (χ3v) is 5.92. The molecule has 2 aromatic rings. The summed E-state index contributed by atoms with van der Waals surface area (Å²) in [6, 6.07) is 5.39. The van der Waals surface area contributed by atoms with Crippen LogP contribution in [0, 0.1) is 13.8 Å². The highest BCUT2D eigenvalue weighted by Crippen LogP contribution is 2.31. The summed E-state index contributed by atoms with van der Waals surface area (Å²) < 4.78 is 0. The molecule has 1 fully saturated rings. The molecule has 2 aliphatic carbocycles. The molecular formula is C21H28N2. The first-order valence-corrected chi connectivity index (χ1v) is 9.37. The van der Waals surface area contributed by atoms with Crippen molar-refractivity contribution >= 4 is 10.9 Å². The molecule has 0 atom stereocenters. The number of nitrogens with zero attached hydrogens (tertiary/aromatic N) is 1. The Hall–Kier alpha value is -1.41. The van der Waals surface area contributed by atoms with E-state index in [1.807, 2.05) is 0 Å². The Kier molecular flexibility index (Phi) is 4.11. The van der Waals surface area contributed by atoms with E-state index in [0.717, 1.165) is 19.0 Å². The van der Waals surface area contributed by atoms with Gasteiger partial charge in [-0.05, 0) is 86.8 Å². The number of fused-ring (bicyclic) bond motifs is 2. The molecular weight excluding hydrogens is 280 g/mol. The van der Waals surface area contributed by atoms with Crippen LogP contribution in [0.2, 0.25) is 0 Å². The van der Waals surface area contributed by atoms with E-state index in [4.69, 9.17) is 4.98 Å². The van der Waals surface area contributed by atoms with Gasteiger partial charge < -0.3 is 5.32 Å². The lowest BCUT2D eigenvalue weighted by Gasteiger charge is -2.23. The summed E-state index contributed by atoms with van der Waals surface area (Å²) in [4.78, 5) is 5.03. The van der Waals surface area contributed by atoms with E-state index in [1.165, 1.54) is 72.7 Å². The van der Waals surface area contributed by atoms with Gasteiger partial charge in [0.2, 0.25) is 0 Å². The van der Waals surface area contributed by atoms with Crippen molar-refractivity contribution < 1.29 is 0 Å². The average Bonchev–Trinajstić information content (AvgIpc) is 3.06. The van der Waals surface area contributed by atoms with Crippen LogP contribution in [-0.4, -0.2) is 11.0 Å². The Morgan fingerprint density at radius 3 is 2.57 bits per heavy atom. The average molecular weight is 308 g/mol. The van der Waals surface area contributed by atoms with Crippen molar-refractivity contribution in [3.63, 3.8) is 0 Å². The van der Waals surface area contributed by atoms with Gasteiger partial charge in [0, 0.05) is 23.7 Å². The Balaban J connectivity index is 1.78. The molecule has 2 aliphatic rings. The number of aryl methyl sites for hydroxylation is 3. The lowest BCUT2D eigenvalue weighted by molar-refractivity contribution is 0.521. The van der Waals surface area contributed by atoms with E-state index in [2.05, 4.69) is 31.3 Å². The smallest absolute Gasteiger partial charge is 0.0711 e. The molecule has 2 nitrogen and oxygen atoms in total. The number of benzene rings is 1. The Morgan fingerprint density at radius 2 is 1.74 bits per heavy atom. The van der Waals surface area contributed by atoms with Crippen molar-refractivity contribution in [2.45, 2.75) is 77.8 Å². The first-order valence-electron chi connectivity index (χ1n) is 9.37. The number of nitrogens with one attached hydrogen (secondary N) is 1. The maximum atomic E-state index is 5.03. The van der Waals surface area contributed by atoms with Crippen LogP contribution in [0.4, 0.5) is 0 Å². The van der Waals surface area contributed by atoms with E-state index in [-0.39, 0.29) is 0 Å². The largest absolute Gasteiger partial charge is 0.310 e. The van der Waals surface area contributed by atoms with Crippen LogP contribution >= 0.6 is 0 Å². The van der Waals surface area contributed by atoms with E-state index in [9.17, 15) is 0 Å². The van der Waals surface area contributed by atoms with Crippen molar-refractivity contribution in [2.75, 3.05) is 0 Å². The zero-order valence-electron chi connectivity index (χ0n) is 14.5. The van der Waals surface area contributed by atoms with E-state index in [1.54, 1.807) is 11.1 Å². The molecule has 1 N–H and O–H groups in total. The first-order chi connectivity index (χ1) is 11.2. The first kappa shape index (κ1) is 15.1. The number of pyridine rings is 1. The minimum atomic E-state index is 0.726. The van der Waals surface area contributed by atoms with Gasteiger partial charge in [0.05, 0.1) is 5.52 Å². The lowest BCUT2D eigenvalue weighted by atomic mass is 9.89. The normalized spacial score (nSPS) is 18.5. The van der Waals surface area contributed by atoms with Crippen molar-refractivity contribution in [2.24, 2.45) is 0 Å². The van der Waals surface area contributed by atoms with Gasteiger partial charge in [-0.1, -0.05) is 12.8 Å². The summed E-state index contributed by atoms with van der Waals surface area (Å²) >= 11 is 0. The molecule has 1 saturated carbocycles. The second-order valence-electron chi connectivity index (χ2n) is 7.54. The van der Waals surface area contributed by atoms with Gasteiger partial charge in [0.25, 0.3) is 0 Å². The molecule has 0 unspecified atom stereocenters. The zero-order valence-corrected chi connectivity index (χ0v) is 14.5. The summed E-state index contributed by atoms with van der Waals surface area (Å²) in [5.74, 6) is 0. The molecule has 2 heteroatoms. The van der Waals surface area contributed by atoms with Gasteiger partial charge in [-0.15, -0.1) is 0 Å². The SMILES string of the molecule is Cc1cc2nc3c(c(CNC4CCCC4)c2cc1C)CCCC3. The highest BCUT2D eigenvalue weighted by Gasteiger charge is 2.20. The number of rotatable bonds is 3. The Morgan fingerprint density at radius 1 is 1.00 bits per heavy atom. The molecule has 0 bridgehead atoms. The third-order valence-electron chi connectivity index (χ3n) is 5.92. The van der Waals surface area contributed by atoms with Crippen molar-refractivity contribution in [3.8, 4) is 0 Å². The molecule has 0 spiro atoms. The molecule has 0 radical (unpaired) electrons. The second-order valence-corrected chi connectivity index (χ2v) is 7.54. The summed E-state index contributed by atoms with van der Waals surface area (Å²) in [6.07, 6.45) is 10.5. The predicted octanol–water partition coefficient (Wildman–Crippen LogP) is 4.76. The van der Waals surface area contributed by atoms with Gasteiger partial charge >= 0.3 is 0 Å². The summed E-state index contributed by atoms with van der Waals surface area (Å²) in [7, 11) is 0. The Bertz CT molecular complexity index is 726. The molecule has 23 heavy (non-hydrogen) atoms. The van der Waals surface area contributed by atoms with Crippen LogP contribution in [0.15, 0.2) is 12.1 Å². The minimum absolute atomic E-state index is 0.726. The Labute approximate surface area is 139 Å². The summed E-state index contributed by atoms with van der Waals surface area (Å²) in [5.41, 5.74) is 8.41. The van der Waals surface area contributed by atoms with Crippen LogP contribution in [0.5, 0.6) is 0 Å². The van der Waals surface area contributed by atoms with E-state index < -0.39 is 0 Å². The van der Waals surface area contributed by atoms with Gasteiger partial charge in [-0.3, -0.25) is 4.98 Å². The van der Waals surface area contributed by atoms with Gasteiger partial charge in [0.1, 0.15) is 0 Å². The summed E-state index contributed by atoms with van der Waals surface area (Å²) in [5, 5.41) is 5.23. The van der Waals surface area contributed by atoms with Gasteiger partial charge in [-0.2, -0.15) is 0 Å². The molecule has 1 heterocycles. The zero-order chi connectivity index (χ0) is 15.8. The number of aromatic nitrogens is 1. The molecule has 0 aliphatic heterocycles. The van der Waals surface area contributed by atoms with Crippen LogP contribution in [-0.2, 0) is 19.4 Å². The highest BCUT2D eigenvalue weighted by atomic mass is 14.9. The molecule has 4 rings (SSSR count). The molecule has 0 saturated heterocycles. The molecule has 0 amide bonds. The van der Waals surface area contributed by atoms with Crippen LogP contribution in [0.1, 0.15) is 66.5 Å². The lowest BCUT2D eigenvalue weighted by Crippen LogP contribution is -2.26. The van der Waals surface area contributed by atoms with Crippen molar-refractivity contribution in [1.82, 2.24) is 10.3 Å². The van der Waals surface area contributed by atoms with E-state index >= 15 is 0 Å². The quantitative estimate of drug-likeness (QED) is 0.884. The van der Waals surface area contributed by atoms with Gasteiger partial charge in [0.15, 0.2) is 0 Å². The molecule has 1 aromatic heterocycles. The minimum Gasteiger partial charge on any atom is -0.310 e. The van der Waals surface area contributed by atoms with E-state index in [0.29, 0.717) is 0 Å². The van der Waals surface area contributed by atoms with Crippen LogP contribution in [0.3, 0.4) is 0 Å². The fourth-order valence-electron chi connectivity index (χ4n) is 4.36. The topological polar surface area (TPSA) is 24.9 Å².